The molecule has 1 aliphatic heterocycles. The maximum Gasteiger partial charge on any atom is 0.274 e. The molecule has 28 heavy (non-hydrogen) atoms. The molecular weight excluding hydrogens is 416 g/mol. The van der Waals surface area contributed by atoms with Crippen molar-refractivity contribution in [3.8, 4) is 5.19 Å². The number of thiazole rings is 1. The highest BCUT2D eigenvalue weighted by atomic mass is 35.5. The number of rotatable bonds is 4. The minimum Gasteiger partial charge on any atom is -0.467 e. The van der Waals surface area contributed by atoms with E-state index in [1.807, 2.05) is 38.1 Å². The van der Waals surface area contributed by atoms with Gasteiger partial charge in [0.05, 0.1) is 14.6 Å². The van der Waals surface area contributed by atoms with Crippen molar-refractivity contribution in [2.75, 3.05) is 13.1 Å². The average molecular weight is 437 g/mol. The van der Waals surface area contributed by atoms with Crippen molar-refractivity contribution < 1.29 is 13.2 Å². The van der Waals surface area contributed by atoms with E-state index in [9.17, 15) is 8.42 Å². The van der Waals surface area contributed by atoms with Crippen LogP contribution >= 0.6 is 22.9 Å². The maximum atomic E-state index is 12.9. The molecule has 1 aliphatic rings. The summed E-state index contributed by atoms with van der Waals surface area (Å²) in [6.45, 7) is 4.78. The predicted octanol–water partition coefficient (Wildman–Crippen LogP) is 4.80. The van der Waals surface area contributed by atoms with E-state index in [4.69, 9.17) is 16.3 Å². The van der Waals surface area contributed by atoms with Crippen LogP contribution in [0.2, 0.25) is 5.02 Å². The first kappa shape index (κ1) is 19.6. The zero-order chi connectivity index (χ0) is 19.9. The number of sulfonamides is 1. The lowest BCUT2D eigenvalue weighted by molar-refractivity contribution is 0.135. The number of para-hydroxylation sites is 1. The SMILES string of the molecule is Cc1ccc(S(=O)(=O)N2CCC(Oc3nc4c(Cl)cccc4s3)CC2)cc1C. The van der Waals surface area contributed by atoms with Gasteiger partial charge in [-0.1, -0.05) is 35.1 Å². The lowest BCUT2D eigenvalue weighted by Gasteiger charge is -2.30. The summed E-state index contributed by atoms with van der Waals surface area (Å²) in [6.07, 6.45) is 1.21. The van der Waals surface area contributed by atoms with Gasteiger partial charge in [-0.15, -0.1) is 0 Å². The van der Waals surface area contributed by atoms with E-state index in [2.05, 4.69) is 4.98 Å². The van der Waals surface area contributed by atoms with E-state index in [0.717, 1.165) is 21.3 Å². The quantitative estimate of drug-likeness (QED) is 0.589. The van der Waals surface area contributed by atoms with E-state index in [1.54, 1.807) is 16.4 Å². The van der Waals surface area contributed by atoms with Crippen LogP contribution < -0.4 is 4.74 Å². The molecule has 2 heterocycles. The fourth-order valence-corrected chi connectivity index (χ4v) is 6.04. The molecule has 1 aromatic heterocycles. The smallest absolute Gasteiger partial charge is 0.274 e. The molecule has 0 saturated carbocycles. The number of ether oxygens (including phenoxy) is 1. The van der Waals surface area contributed by atoms with Gasteiger partial charge in [-0.25, -0.2) is 13.4 Å². The van der Waals surface area contributed by atoms with Crippen molar-refractivity contribution in [2.45, 2.75) is 37.7 Å². The summed E-state index contributed by atoms with van der Waals surface area (Å²) in [6, 6.07) is 11.0. The molecule has 0 aliphatic carbocycles. The second kappa shape index (κ2) is 7.63. The Bertz CT molecular complexity index is 1120. The first-order valence-corrected chi connectivity index (χ1v) is 11.8. The molecule has 1 fully saturated rings. The molecule has 5 nitrogen and oxygen atoms in total. The van der Waals surface area contributed by atoms with Gasteiger partial charge >= 0.3 is 0 Å². The number of halogens is 1. The molecule has 0 radical (unpaired) electrons. The Morgan fingerprint density at radius 3 is 2.57 bits per heavy atom. The molecule has 0 unspecified atom stereocenters. The van der Waals surface area contributed by atoms with Crippen LogP contribution in [-0.2, 0) is 10.0 Å². The first-order chi connectivity index (χ1) is 13.3. The Kier molecular flexibility index (Phi) is 5.35. The summed E-state index contributed by atoms with van der Waals surface area (Å²) in [5, 5.41) is 1.19. The van der Waals surface area contributed by atoms with Crippen LogP contribution in [0.15, 0.2) is 41.3 Å². The van der Waals surface area contributed by atoms with E-state index in [0.29, 0.717) is 41.0 Å². The number of aryl methyl sites for hydroxylation is 2. The average Bonchev–Trinajstić information content (AvgIpc) is 3.08. The molecule has 3 aromatic rings. The highest BCUT2D eigenvalue weighted by Gasteiger charge is 2.30. The van der Waals surface area contributed by atoms with Crippen LogP contribution in [-0.4, -0.2) is 36.9 Å². The number of nitrogens with zero attached hydrogens (tertiary/aromatic N) is 2. The molecule has 0 N–H and O–H groups in total. The third-order valence-corrected chi connectivity index (χ3v) is 8.25. The molecule has 148 valence electrons. The summed E-state index contributed by atoms with van der Waals surface area (Å²) in [4.78, 5) is 4.83. The van der Waals surface area contributed by atoms with E-state index < -0.39 is 10.0 Å². The third kappa shape index (κ3) is 3.76. The normalized spacial score (nSPS) is 16.5. The molecule has 4 rings (SSSR count). The molecule has 8 heteroatoms. The predicted molar refractivity (Wildman–Crippen MR) is 113 cm³/mol. The van der Waals surface area contributed by atoms with Gasteiger partial charge in [0.2, 0.25) is 10.0 Å². The van der Waals surface area contributed by atoms with Crippen LogP contribution in [0.1, 0.15) is 24.0 Å². The van der Waals surface area contributed by atoms with Gasteiger partial charge in [-0.3, -0.25) is 0 Å². The monoisotopic (exact) mass is 436 g/mol. The fourth-order valence-electron chi connectivity index (χ4n) is 3.30. The van der Waals surface area contributed by atoms with Crippen LogP contribution in [0.5, 0.6) is 5.19 Å². The minimum atomic E-state index is -3.48. The van der Waals surface area contributed by atoms with Gasteiger partial charge in [-0.05, 0) is 62.1 Å². The topological polar surface area (TPSA) is 59.5 Å². The van der Waals surface area contributed by atoms with Crippen molar-refractivity contribution >= 4 is 43.2 Å². The Labute approximate surface area is 174 Å². The second-order valence-electron chi connectivity index (χ2n) is 7.03. The van der Waals surface area contributed by atoms with Gasteiger partial charge in [0.1, 0.15) is 11.6 Å². The van der Waals surface area contributed by atoms with Crippen molar-refractivity contribution in [2.24, 2.45) is 0 Å². The summed E-state index contributed by atoms with van der Waals surface area (Å²) in [5.41, 5.74) is 2.81. The van der Waals surface area contributed by atoms with Gasteiger partial charge in [-0.2, -0.15) is 4.31 Å². The zero-order valence-electron chi connectivity index (χ0n) is 15.7. The number of hydrogen-bond donors (Lipinski definition) is 0. The lowest BCUT2D eigenvalue weighted by atomic mass is 10.1. The second-order valence-corrected chi connectivity index (χ2v) is 10.4. The molecule has 2 aromatic carbocycles. The Morgan fingerprint density at radius 1 is 1.14 bits per heavy atom. The Balaban J connectivity index is 1.43. The number of hydrogen-bond acceptors (Lipinski definition) is 5. The van der Waals surface area contributed by atoms with Crippen LogP contribution in [0.25, 0.3) is 10.2 Å². The highest BCUT2D eigenvalue weighted by molar-refractivity contribution is 7.89. The van der Waals surface area contributed by atoms with Gasteiger partial charge < -0.3 is 4.74 Å². The van der Waals surface area contributed by atoms with E-state index >= 15 is 0 Å². The van der Waals surface area contributed by atoms with Crippen LogP contribution in [0, 0.1) is 13.8 Å². The summed E-state index contributed by atoms with van der Waals surface area (Å²) in [5.74, 6) is 0. The van der Waals surface area contributed by atoms with Crippen molar-refractivity contribution in [1.29, 1.82) is 0 Å². The summed E-state index contributed by atoms with van der Waals surface area (Å²) < 4.78 is 34.4. The molecule has 0 atom stereocenters. The highest BCUT2D eigenvalue weighted by Crippen LogP contribution is 2.33. The van der Waals surface area contributed by atoms with Crippen molar-refractivity contribution in [3.05, 3.63) is 52.5 Å². The first-order valence-electron chi connectivity index (χ1n) is 9.14. The standard InChI is InChI=1S/C20H21ClN2O3S2/c1-13-6-7-16(12-14(13)2)28(24,25)23-10-8-15(9-11-23)26-20-22-19-17(21)4-3-5-18(19)27-20/h3-7,12,15H,8-11H2,1-2H3. The Morgan fingerprint density at radius 2 is 1.89 bits per heavy atom. The molecule has 1 saturated heterocycles. The number of fused-ring (bicyclic) bond motifs is 1. The molecule has 0 amide bonds. The van der Waals surface area contributed by atoms with Gasteiger partial charge in [0, 0.05) is 13.1 Å². The van der Waals surface area contributed by atoms with Crippen molar-refractivity contribution in [1.82, 2.24) is 9.29 Å². The summed E-state index contributed by atoms with van der Waals surface area (Å²) in [7, 11) is -3.48. The van der Waals surface area contributed by atoms with Crippen LogP contribution in [0.4, 0.5) is 0 Å². The lowest BCUT2D eigenvalue weighted by Crippen LogP contribution is -2.41. The summed E-state index contributed by atoms with van der Waals surface area (Å²) >= 11 is 7.64. The molecule has 0 spiro atoms. The maximum absolute atomic E-state index is 12.9. The van der Waals surface area contributed by atoms with Crippen LogP contribution in [0.3, 0.4) is 0 Å². The third-order valence-electron chi connectivity index (χ3n) is 5.13. The molecular formula is C20H21ClN2O3S2. The zero-order valence-corrected chi connectivity index (χ0v) is 18.1. The Hall–Kier alpha value is -1.67. The number of aromatic nitrogens is 1. The molecule has 0 bridgehead atoms. The van der Waals surface area contributed by atoms with E-state index in [1.165, 1.54) is 11.3 Å². The minimum absolute atomic E-state index is 0.0504. The number of piperidine rings is 1. The van der Waals surface area contributed by atoms with Gasteiger partial charge in [0.15, 0.2) is 0 Å². The number of benzene rings is 2. The fraction of sp³-hybridized carbons (Fsp3) is 0.350. The van der Waals surface area contributed by atoms with E-state index in [-0.39, 0.29) is 6.10 Å². The largest absolute Gasteiger partial charge is 0.467 e. The van der Waals surface area contributed by atoms with Gasteiger partial charge in [0.25, 0.3) is 5.19 Å². The van der Waals surface area contributed by atoms with Crippen molar-refractivity contribution in [3.63, 3.8) is 0 Å².